The Balaban J connectivity index is 1.93. The van der Waals surface area contributed by atoms with Crippen LogP contribution in [0.2, 0.25) is 0 Å². The molecule has 2 amide bonds. The monoisotopic (exact) mass is 262 g/mol. The molecule has 0 aliphatic heterocycles. The fraction of sp³-hybridized carbons (Fsp3) is 0. The van der Waals surface area contributed by atoms with Gasteiger partial charge in [-0.3, -0.25) is 20.4 Å². The van der Waals surface area contributed by atoms with Gasteiger partial charge in [0.15, 0.2) is 0 Å². The Morgan fingerprint density at radius 3 is 2.41 bits per heavy atom. The van der Waals surface area contributed by atoms with Crippen molar-refractivity contribution in [3.05, 3.63) is 38.7 Å². The minimum atomic E-state index is -0.414. The van der Waals surface area contributed by atoms with Gasteiger partial charge in [-0.2, -0.15) is 0 Å². The van der Waals surface area contributed by atoms with Crippen LogP contribution in [0.25, 0.3) is 0 Å². The molecule has 2 aromatic rings. The highest BCUT2D eigenvalue weighted by atomic mass is 32.1. The summed E-state index contributed by atoms with van der Waals surface area (Å²) >= 11 is 2.52. The number of carbonyl (C=O) groups is 2. The maximum Gasteiger partial charge on any atom is 0.279 e. The molecule has 0 aliphatic carbocycles. The van der Waals surface area contributed by atoms with Gasteiger partial charge in [0, 0.05) is 0 Å². The fourth-order valence-electron chi connectivity index (χ4n) is 1.14. The molecule has 0 aromatic carbocycles. The fourth-order valence-corrected chi connectivity index (χ4v) is 2.48. The lowest BCUT2D eigenvalue weighted by Crippen LogP contribution is -2.42. The highest BCUT2D eigenvalue weighted by Gasteiger charge is 2.11. The van der Waals surface area contributed by atoms with Crippen LogP contribution in [0.3, 0.4) is 0 Å². The molecule has 2 N–H and O–H groups in total. The number of hydrogen-bond donors (Lipinski definition) is 2. The molecule has 0 atom stereocenters. The Labute approximate surface area is 107 Å². The average molecular weight is 262 g/mol. The summed E-state index contributed by atoms with van der Waals surface area (Å²) in [5, 5.41) is 3.50. The quantitative estimate of drug-likeness (QED) is 0.617. The summed E-state index contributed by atoms with van der Waals surface area (Å²) < 4.78 is 0. The van der Waals surface area contributed by atoms with Crippen LogP contribution < -0.4 is 16.3 Å². The lowest BCUT2D eigenvalue weighted by molar-refractivity contribution is 0.0851. The van der Waals surface area contributed by atoms with Gasteiger partial charge in [-0.15, -0.1) is 22.7 Å². The first-order chi connectivity index (χ1) is 8.18. The Kier molecular flexibility index (Phi) is 3.60. The number of carbonyl (C=O) groups excluding carboxylic acids is 2. The zero-order valence-electron chi connectivity index (χ0n) is 8.60. The van der Waals surface area contributed by atoms with Gasteiger partial charge in [-0.05, 0) is 16.8 Å². The zero-order valence-corrected chi connectivity index (χ0v) is 10.2. The third-order valence-electron chi connectivity index (χ3n) is 1.94. The Morgan fingerprint density at radius 2 is 1.82 bits per heavy atom. The highest BCUT2D eigenvalue weighted by molar-refractivity contribution is 7.13. The van der Waals surface area contributed by atoms with E-state index in [1.165, 1.54) is 22.7 Å². The third kappa shape index (κ3) is 2.75. The normalized spacial score (nSPS) is 9.88. The molecule has 0 saturated heterocycles. The predicted octanol–water partition coefficient (Wildman–Crippen LogP) is 0.678. The van der Waals surface area contributed by atoms with Gasteiger partial charge in [-0.25, -0.2) is 0 Å². The van der Waals surface area contributed by atoms with Crippen molar-refractivity contribution in [3.63, 3.8) is 0 Å². The van der Waals surface area contributed by atoms with Crippen LogP contribution in [0.4, 0.5) is 0 Å². The number of thiophene rings is 2. The number of hydrogen-bond acceptors (Lipinski definition) is 4. The first-order valence-corrected chi connectivity index (χ1v) is 6.41. The Morgan fingerprint density at radius 1 is 1.06 bits per heavy atom. The Bertz CT molecular complexity index is 536. The second kappa shape index (κ2) is 5.16. The zero-order chi connectivity index (χ0) is 12.3. The van der Waals surface area contributed by atoms with E-state index in [4.69, 9.17) is 7.85 Å². The van der Waals surface area contributed by atoms with Crippen molar-refractivity contribution in [2.45, 2.75) is 0 Å². The van der Waals surface area contributed by atoms with Crippen LogP contribution in [0, 0.1) is 0 Å². The maximum atomic E-state index is 11.6. The minimum Gasteiger partial charge on any atom is -0.267 e. The molecule has 0 aliphatic rings. The van der Waals surface area contributed by atoms with Crippen molar-refractivity contribution in [1.82, 2.24) is 10.9 Å². The molecule has 0 fully saturated rings. The molecule has 2 heterocycles. The maximum absolute atomic E-state index is 11.6. The molecule has 0 bridgehead atoms. The summed E-state index contributed by atoms with van der Waals surface area (Å²) in [6, 6.07) is 5.07. The standard InChI is InChI=1S/C10H7BN2O2S2/c11-6-3-5-17-8(6)10(15)13-12-9(14)7-2-1-4-16-7/h1-5H,(H,12,14)(H,13,15). The first kappa shape index (κ1) is 11.9. The van der Waals surface area contributed by atoms with Crippen molar-refractivity contribution < 1.29 is 9.59 Å². The van der Waals surface area contributed by atoms with E-state index in [0.717, 1.165) is 0 Å². The first-order valence-electron chi connectivity index (χ1n) is 4.65. The molecule has 84 valence electrons. The van der Waals surface area contributed by atoms with Gasteiger partial charge in [0.1, 0.15) is 7.85 Å². The molecule has 4 nitrogen and oxygen atoms in total. The summed E-state index contributed by atoms with van der Waals surface area (Å²) in [6.45, 7) is 0. The second-order valence-corrected chi connectivity index (χ2v) is 4.95. The molecule has 2 radical (unpaired) electrons. The summed E-state index contributed by atoms with van der Waals surface area (Å²) in [4.78, 5) is 24.0. The topological polar surface area (TPSA) is 58.2 Å². The van der Waals surface area contributed by atoms with Gasteiger partial charge < -0.3 is 0 Å². The van der Waals surface area contributed by atoms with Gasteiger partial charge in [0.05, 0.1) is 9.75 Å². The van der Waals surface area contributed by atoms with E-state index < -0.39 is 5.91 Å². The summed E-state index contributed by atoms with van der Waals surface area (Å²) in [5.41, 5.74) is 5.04. The van der Waals surface area contributed by atoms with Gasteiger partial charge in [-0.1, -0.05) is 17.6 Å². The Hall–Kier alpha value is -1.60. The van der Waals surface area contributed by atoms with E-state index in [9.17, 15) is 9.59 Å². The smallest absolute Gasteiger partial charge is 0.267 e. The van der Waals surface area contributed by atoms with E-state index in [2.05, 4.69) is 10.9 Å². The van der Waals surface area contributed by atoms with Gasteiger partial charge >= 0.3 is 0 Å². The van der Waals surface area contributed by atoms with Gasteiger partial charge in [0.2, 0.25) is 0 Å². The van der Waals surface area contributed by atoms with Crippen LogP contribution in [0.15, 0.2) is 29.0 Å². The number of hydrazine groups is 1. The largest absolute Gasteiger partial charge is 0.279 e. The van der Waals surface area contributed by atoms with Crippen molar-refractivity contribution in [2.24, 2.45) is 0 Å². The lowest BCUT2D eigenvalue weighted by Gasteiger charge is -2.05. The van der Waals surface area contributed by atoms with Crippen LogP contribution in [0.5, 0.6) is 0 Å². The number of amides is 2. The minimum absolute atomic E-state index is 0.344. The molecule has 7 heteroatoms. The lowest BCUT2D eigenvalue weighted by atomic mass is 9.97. The molecular weight excluding hydrogens is 255 g/mol. The molecule has 2 rings (SSSR count). The van der Waals surface area contributed by atoms with Crippen LogP contribution >= 0.6 is 22.7 Å². The van der Waals surface area contributed by atoms with E-state index in [1.807, 2.05) is 0 Å². The summed E-state index contributed by atoms with van der Waals surface area (Å²) in [7, 11) is 5.58. The van der Waals surface area contributed by atoms with E-state index in [-0.39, 0.29) is 5.91 Å². The molecule has 0 saturated carbocycles. The highest BCUT2D eigenvalue weighted by Crippen LogP contribution is 2.07. The summed E-state index contributed by atoms with van der Waals surface area (Å²) in [5.74, 6) is -0.758. The molecule has 17 heavy (non-hydrogen) atoms. The predicted molar refractivity (Wildman–Crippen MR) is 69.0 cm³/mol. The van der Waals surface area contributed by atoms with Crippen LogP contribution in [-0.2, 0) is 0 Å². The van der Waals surface area contributed by atoms with Gasteiger partial charge in [0.25, 0.3) is 11.8 Å². The molecular formula is C10H7BN2O2S2. The van der Waals surface area contributed by atoms with Crippen molar-refractivity contribution in [2.75, 3.05) is 0 Å². The molecule has 2 aromatic heterocycles. The average Bonchev–Trinajstić information content (AvgIpc) is 2.95. The van der Waals surface area contributed by atoms with Crippen LogP contribution in [0.1, 0.15) is 19.3 Å². The van der Waals surface area contributed by atoms with Crippen LogP contribution in [-0.4, -0.2) is 19.7 Å². The number of rotatable bonds is 2. The van der Waals surface area contributed by atoms with Crippen molar-refractivity contribution in [1.29, 1.82) is 0 Å². The van der Waals surface area contributed by atoms with Crippen molar-refractivity contribution in [3.8, 4) is 0 Å². The van der Waals surface area contributed by atoms with E-state index >= 15 is 0 Å². The van der Waals surface area contributed by atoms with Crippen molar-refractivity contribution >= 4 is 47.8 Å². The second-order valence-electron chi connectivity index (χ2n) is 3.09. The van der Waals surface area contributed by atoms with E-state index in [1.54, 1.807) is 29.0 Å². The third-order valence-corrected chi connectivity index (χ3v) is 3.73. The SMILES string of the molecule is [B]c1ccsc1C(=O)NNC(=O)c1cccs1. The van der Waals surface area contributed by atoms with E-state index in [0.29, 0.717) is 15.2 Å². The summed E-state index contributed by atoms with van der Waals surface area (Å²) in [6.07, 6.45) is 0. The molecule has 0 unspecified atom stereocenters. The number of nitrogens with one attached hydrogen (secondary N) is 2. The molecule has 0 spiro atoms.